The highest BCUT2D eigenvalue weighted by Gasteiger charge is 2.49. The molecule has 0 amide bonds. The van der Waals surface area contributed by atoms with Crippen LogP contribution >= 0.6 is 11.6 Å². The number of halogens is 1. The molecule has 1 aliphatic carbocycles. The first-order valence-corrected chi connectivity index (χ1v) is 6.62. The van der Waals surface area contributed by atoms with E-state index < -0.39 is 0 Å². The predicted octanol–water partition coefficient (Wildman–Crippen LogP) is 2.52. The van der Waals surface area contributed by atoms with Crippen molar-refractivity contribution in [3.05, 3.63) is 28.5 Å². The summed E-state index contributed by atoms with van der Waals surface area (Å²) < 4.78 is 0. The molecule has 2 saturated heterocycles. The quantitative estimate of drug-likeness (QED) is 0.698. The molecule has 1 aromatic heterocycles. The molecule has 3 heteroatoms. The minimum Gasteiger partial charge on any atom is -0.310 e. The zero-order chi connectivity index (χ0) is 10.7. The molecule has 4 atom stereocenters. The average Bonchev–Trinajstić information content (AvgIpc) is 2.89. The van der Waals surface area contributed by atoms with Gasteiger partial charge in [-0.1, -0.05) is 17.7 Å². The van der Waals surface area contributed by atoms with E-state index in [-0.39, 0.29) is 0 Å². The molecule has 3 aliphatic rings. The topological polar surface area (TPSA) is 24.9 Å². The van der Waals surface area contributed by atoms with Crippen molar-refractivity contribution in [1.82, 2.24) is 10.3 Å². The van der Waals surface area contributed by atoms with E-state index in [9.17, 15) is 0 Å². The van der Waals surface area contributed by atoms with E-state index >= 15 is 0 Å². The third-order valence-corrected chi connectivity index (χ3v) is 4.89. The Balaban J connectivity index is 1.82. The number of nitrogens with one attached hydrogen (secondary N) is 1. The Morgan fingerprint density at radius 1 is 1.19 bits per heavy atom. The van der Waals surface area contributed by atoms with Gasteiger partial charge in [0.1, 0.15) is 5.15 Å². The molecule has 2 nitrogen and oxygen atoms in total. The molecule has 4 unspecified atom stereocenters. The maximum absolute atomic E-state index is 5.97. The van der Waals surface area contributed by atoms with Crippen molar-refractivity contribution < 1.29 is 0 Å². The van der Waals surface area contributed by atoms with Gasteiger partial charge in [0.2, 0.25) is 0 Å². The molecule has 0 aromatic carbocycles. The lowest BCUT2D eigenvalue weighted by molar-refractivity contribution is 0.317. The summed E-state index contributed by atoms with van der Waals surface area (Å²) in [5.41, 5.74) is 2.73. The smallest absolute Gasteiger partial charge is 0.129 e. The molecule has 84 valence electrons. The van der Waals surface area contributed by atoms with E-state index in [2.05, 4.69) is 16.4 Å². The van der Waals surface area contributed by atoms with Crippen LogP contribution in [0.1, 0.15) is 36.4 Å². The molecule has 2 aliphatic heterocycles. The highest BCUT2D eigenvalue weighted by Crippen LogP contribution is 2.49. The molecular weight excluding hydrogens is 220 g/mol. The fraction of sp³-hybridized carbons (Fsp3) is 0.615. The number of aryl methyl sites for hydroxylation is 1. The van der Waals surface area contributed by atoms with Gasteiger partial charge < -0.3 is 5.32 Å². The molecule has 1 N–H and O–H groups in total. The van der Waals surface area contributed by atoms with Crippen LogP contribution in [0.3, 0.4) is 0 Å². The van der Waals surface area contributed by atoms with Gasteiger partial charge in [-0.3, -0.25) is 0 Å². The zero-order valence-electron chi connectivity index (χ0n) is 9.12. The van der Waals surface area contributed by atoms with Gasteiger partial charge in [0.25, 0.3) is 0 Å². The number of aromatic nitrogens is 1. The van der Waals surface area contributed by atoms with Gasteiger partial charge in [-0.2, -0.15) is 0 Å². The first-order chi connectivity index (χ1) is 7.83. The summed E-state index contributed by atoms with van der Waals surface area (Å²) in [6.45, 7) is 0. The Morgan fingerprint density at radius 2 is 2.06 bits per heavy atom. The van der Waals surface area contributed by atoms with Crippen LogP contribution in [0.25, 0.3) is 0 Å². The maximum atomic E-state index is 5.97. The lowest BCUT2D eigenvalue weighted by Crippen LogP contribution is -2.30. The second kappa shape index (κ2) is 3.21. The van der Waals surface area contributed by atoms with Gasteiger partial charge in [0.15, 0.2) is 0 Å². The van der Waals surface area contributed by atoms with E-state index in [0.29, 0.717) is 17.1 Å². The molecule has 2 bridgehead atoms. The van der Waals surface area contributed by atoms with E-state index in [1.165, 1.54) is 30.5 Å². The predicted molar refractivity (Wildman–Crippen MR) is 63.7 cm³/mol. The van der Waals surface area contributed by atoms with Crippen molar-refractivity contribution in [1.29, 1.82) is 0 Å². The normalized spacial score (nSPS) is 39.6. The SMILES string of the molecule is Clc1ccc2c(n1)CCC1C3CCC(N3)C21. The summed E-state index contributed by atoms with van der Waals surface area (Å²) in [6.07, 6.45) is 5.12. The molecule has 0 saturated carbocycles. The molecule has 1 aromatic rings. The largest absolute Gasteiger partial charge is 0.310 e. The Labute approximate surface area is 100 Å². The average molecular weight is 235 g/mol. The maximum Gasteiger partial charge on any atom is 0.129 e. The summed E-state index contributed by atoms with van der Waals surface area (Å²) in [4.78, 5) is 4.50. The summed E-state index contributed by atoms with van der Waals surface area (Å²) in [7, 11) is 0. The zero-order valence-corrected chi connectivity index (χ0v) is 9.87. The second-order valence-corrected chi connectivity index (χ2v) is 5.74. The van der Waals surface area contributed by atoms with Crippen LogP contribution in [-0.2, 0) is 6.42 Å². The van der Waals surface area contributed by atoms with Crippen molar-refractivity contribution in [2.24, 2.45) is 5.92 Å². The number of nitrogens with zero attached hydrogens (tertiary/aromatic N) is 1. The molecule has 4 rings (SSSR count). The van der Waals surface area contributed by atoms with Crippen molar-refractivity contribution >= 4 is 11.6 Å². The van der Waals surface area contributed by atoms with Crippen molar-refractivity contribution in [2.75, 3.05) is 0 Å². The van der Waals surface area contributed by atoms with Gasteiger partial charge >= 0.3 is 0 Å². The lowest BCUT2D eigenvalue weighted by atomic mass is 9.69. The van der Waals surface area contributed by atoms with Crippen LogP contribution in [0.5, 0.6) is 0 Å². The first-order valence-electron chi connectivity index (χ1n) is 6.24. The van der Waals surface area contributed by atoms with Gasteiger partial charge in [-0.05, 0) is 43.2 Å². The van der Waals surface area contributed by atoms with E-state index in [1.807, 2.05) is 6.07 Å². The van der Waals surface area contributed by atoms with Crippen molar-refractivity contribution in [3.63, 3.8) is 0 Å². The van der Waals surface area contributed by atoms with Crippen LogP contribution in [0.2, 0.25) is 5.15 Å². The number of rotatable bonds is 0. The number of fused-ring (bicyclic) bond motifs is 7. The molecule has 3 heterocycles. The van der Waals surface area contributed by atoms with E-state index in [0.717, 1.165) is 18.4 Å². The first kappa shape index (κ1) is 9.43. The second-order valence-electron chi connectivity index (χ2n) is 5.36. The van der Waals surface area contributed by atoms with Crippen LogP contribution in [0.15, 0.2) is 12.1 Å². The molecule has 16 heavy (non-hydrogen) atoms. The standard InChI is InChI=1S/C13H15ClN2/c14-12-6-2-8-10(16-12)3-1-7-9-4-5-11(15-9)13(7)8/h2,6-7,9,11,13,15H,1,3-5H2. The third kappa shape index (κ3) is 1.15. The van der Waals surface area contributed by atoms with E-state index in [4.69, 9.17) is 11.6 Å². The molecule has 0 spiro atoms. The fourth-order valence-electron chi connectivity index (χ4n) is 4.09. The van der Waals surface area contributed by atoms with Crippen molar-refractivity contribution in [3.8, 4) is 0 Å². The van der Waals surface area contributed by atoms with Crippen molar-refractivity contribution in [2.45, 2.75) is 43.7 Å². The summed E-state index contributed by atoms with van der Waals surface area (Å²) in [5.74, 6) is 1.57. The summed E-state index contributed by atoms with van der Waals surface area (Å²) in [6, 6.07) is 5.65. The van der Waals surface area contributed by atoms with Gasteiger partial charge in [-0.15, -0.1) is 0 Å². The summed E-state index contributed by atoms with van der Waals surface area (Å²) in [5, 5.41) is 4.41. The van der Waals surface area contributed by atoms with Crippen LogP contribution < -0.4 is 5.32 Å². The highest BCUT2D eigenvalue weighted by molar-refractivity contribution is 6.29. The fourth-order valence-corrected chi connectivity index (χ4v) is 4.26. The van der Waals surface area contributed by atoms with Crippen LogP contribution in [0, 0.1) is 5.92 Å². The Bertz CT molecular complexity index is 446. The van der Waals surface area contributed by atoms with Gasteiger partial charge in [0.05, 0.1) is 0 Å². The molecule has 0 radical (unpaired) electrons. The molecular formula is C13H15ClN2. The summed E-state index contributed by atoms with van der Waals surface area (Å²) >= 11 is 5.97. The third-order valence-electron chi connectivity index (χ3n) is 4.68. The Kier molecular flexibility index (Phi) is 1.89. The monoisotopic (exact) mass is 234 g/mol. The Hall–Kier alpha value is -0.600. The minimum atomic E-state index is 0.647. The van der Waals surface area contributed by atoms with E-state index in [1.54, 1.807) is 0 Å². The number of hydrogen-bond donors (Lipinski definition) is 1. The lowest BCUT2D eigenvalue weighted by Gasteiger charge is -2.34. The van der Waals surface area contributed by atoms with Crippen LogP contribution in [0.4, 0.5) is 0 Å². The Morgan fingerprint density at radius 3 is 3.00 bits per heavy atom. The minimum absolute atomic E-state index is 0.647. The highest BCUT2D eigenvalue weighted by atomic mass is 35.5. The van der Waals surface area contributed by atoms with Gasteiger partial charge in [-0.25, -0.2) is 4.98 Å². The van der Waals surface area contributed by atoms with Gasteiger partial charge in [0, 0.05) is 23.7 Å². The number of hydrogen-bond acceptors (Lipinski definition) is 2. The molecule has 2 fully saturated rings. The number of pyridine rings is 1. The van der Waals surface area contributed by atoms with Crippen LogP contribution in [-0.4, -0.2) is 17.1 Å².